The molecule has 6 atom stereocenters. The van der Waals surface area contributed by atoms with Gasteiger partial charge in [-0.1, -0.05) is 196 Å². The Labute approximate surface area is 441 Å². The molecule has 12 nitrogen and oxygen atoms in total. The van der Waals surface area contributed by atoms with Gasteiger partial charge in [-0.25, -0.2) is 4.79 Å². The summed E-state index contributed by atoms with van der Waals surface area (Å²) in [7, 11) is 0. The van der Waals surface area contributed by atoms with Crippen LogP contribution < -0.4 is 0 Å². The largest absolute Gasteiger partial charge is 0.479 e. The van der Waals surface area contributed by atoms with Crippen LogP contribution >= 0.6 is 0 Å². The Balaban J connectivity index is 2.72. The van der Waals surface area contributed by atoms with E-state index in [1.165, 1.54) is 44.9 Å². The number of carbonyl (C=O) groups is 4. The van der Waals surface area contributed by atoms with Gasteiger partial charge in [0.15, 0.2) is 24.6 Å². The minimum atomic E-state index is -1.91. The Bertz CT molecular complexity index is 1590. The second-order valence-electron chi connectivity index (χ2n) is 19.2. The van der Waals surface area contributed by atoms with Gasteiger partial charge in [-0.2, -0.15) is 0 Å². The molecule has 12 heteroatoms. The van der Waals surface area contributed by atoms with Gasteiger partial charge < -0.3 is 39.0 Å². The fourth-order valence-corrected chi connectivity index (χ4v) is 8.07. The van der Waals surface area contributed by atoms with E-state index >= 15 is 0 Å². The molecule has 0 amide bonds. The van der Waals surface area contributed by atoms with Gasteiger partial charge >= 0.3 is 23.9 Å². The van der Waals surface area contributed by atoms with Gasteiger partial charge in [0.1, 0.15) is 18.8 Å². The van der Waals surface area contributed by atoms with Crippen LogP contribution in [0.4, 0.5) is 0 Å². The van der Waals surface area contributed by atoms with E-state index in [4.69, 9.17) is 23.7 Å². The molecule has 0 aromatic carbocycles. The number of aliphatic hydroxyl groups is 2. The molecule has 416 valence electrons. The van der Waals surface area contributed by atoms with Gasteiger partial charge in [0.05, 0.1) is 6.61 Å². The summed E-state index contributed by atoms with van der Waals surface area (Å²) in [5, 5.41) is 31.4. The second-order valence-corrected chi connectivity index (χ2v) is 19.2. The normalized spacial score (nSPS) is 18.9. The molecule has 0 aliphatic carbocycles. The Morgan fingerprint density at radius 1 is 0.466 bits per heavy atom. The number of aliphatic carboxylic acids is 1. The molecular weight excluding hydrogens is 925 g/mol. The summed E-state index contributed by atoms with van der Waals surface area (Å²) in [5.74, 6) is -3.19. The molecule has 0 saturated carbocycles. The highest BCUT2D eigenvalue weighted by Crippen LogP contribution is 2.26. The van der Waals surface area contributed by atoms with E-state index < -0.39 is 67.3 Å². The first-order valence-electron chi connectivity index (χ1n) is 28.6. The Kier molecular flexibility index (Phi) is 44.7. The van der Waals surface area contributed by atoms with Crippen LogP contribution in [-0.4, -0.2) is 89.2 Å². The minimum Gasteiger partial charge on any atom is -0.479 e. The molecule has 6 unspecified atom stereocenters. The fraction of sp³-hybridized carbons (Fsp3) is 0.705. The van der Waals surface area contributed by atoms with Crippen LogP contribution in [0.5, 0.6) is 0 Å². The van der Waals surface area contributed by atoms with E-state index in [2.05, 4.69) is 106 Å². The van der Waals surface area contributed by atoms with Crippen molar-refractivity contribution in [3.8, 4) is 0 Å². The van der Waals surface area contributed by atoms with E-state index in [0.717, 1.165) is 122 Å². The Hall–Kier alpha value is -4.10. The number of carbonyl (C=O) groups excluding carboxylic acids is 3. The maximum atomic E-state index is 13.1. The number of allylic oxidation sites excluding steroid dienone is 14. The van der Waals surface area contributed by atoms with E-state index in [0.29, 0.717) is 19.3 Å². The number of carboxylic acid groups (broad SMARTS) is 1. The predicted octanol–water partition coefficient (Wildman–Crippen LogP) is 14.3. The van der Waals surface area contributed by atoms with E-state index in [9.17, 15) is 34.5 Å². The summed E-state index contributed by atoms with van der Waals surface area (Å²) in [6, 6.07) is 0. The molecule has 0 bridgehead atoms. The van der Waals surface area contributed by atoms with Crippen molar-refractivity contribution in [1.82, 2.24) is 0 Å². The van der Waals surface area contributed by atoms with Gasteiger partial charge in [0.25, 0.3) is 0 Å². The molecule has 0 aromatic heterocycles. The summed E-state index contributed by atoms with van der Waals surface area (Å²) >= 11 is 0. The van der Waals surface area contributed by atoms with Gasteiger partial charge in [-0.05, 0) is 96.3 Å². The van der Waals surface area contributed by atoms with Crippen molar-refractivity contribution in [3.05, 3.63) is 85.1 Å². The highest BCUT2D eigenvalue weighted by Gasteiger charge is 2.50. The van der Waals surface area contributed by atoms with E-state index in [1.54, 1.807) is 0 Å². The van der Waals surface area contributed by atoms with Crippen molar-refractivity contribution in [2.75, 3.05) is 13.2 Å². The molecule has 0 spiro atoms. The lowest BCUT2D eigenvalue weighted by molar-refractivity contribution is -0.301. The van der Waals surface area contributed by atoms with Gasteiger partial charge in [0, 0.05) is 19.3 Å². The number of aliphatic hydroxyl groups excluding tert-OH is 2. The lowest BCUT2D eigenvalue weighted by Crippen LogP contribution is -2.61. The lowest BCUT2D eigenvalue weighted by atomic mass is 9.98. The molecule has 0 radical (unpaired) electrons. The van der Waals surface area contributed by atoms with Crippen LogP contribution in [-0.2, 0) is 42.9 Å². The zero-order valence-corrected chi connectivity index (χ0v) is 45.6. The molecule has 1 aliphatic rings. The van der Waals surface area contributed by atoms with Crippen LogP contribution in [0.2, 0.25) is 0 Å². The van der Waals surface area contributed by atoms with Crippen LogP contribution in [0.15, 0.2) is 85.1 Å². The quantitative estimate of drug-likeness (QED) is 0.0228. The number of ether oxygens (including phenoxy) is 5. The summed E-state index contributed by atoms with van der Waals surface area (Å²) in [4.78, 5) is 50.9. The average molecular weight is 1030 g/mol. The van der Waals surface area contributed by atoms with Crippen molar-refractivity contribution in [1.29, 1.82) is 0 Å². The summed E-state index contributed by atoms with van der Waals surface area (Å²) in [6.45, 7) is 5.77. The second kappa shape index (κ2) is 48.8. The smallest absolute Gasteiger partial charge is 0.335 e. The lowest BCUT2D eigenvalue weighted by Gasteiger charge is -2.40. The summed E-state index contributed by atoms with van der Waals surface area (Å²) in [6.07, 6.45) is 50.0. The monoisotopic (exact) mass is 1020 g/mol. The molecule has 1 rings (SSSR count). The minimum absolute atomic E-state index is 0.0535. The maximum Gasteiger partial charge on any atom is 0.335 e. The fourth-order valence-electron chi connectivity index (χ4n) is 8.07. The van der Waals surface area contributed by atoms with Crippen molar-refractivity contribution >= 4 is 23.9 Å². The van der Waals surface area contributed by atoms with Gasteiger partial charge in [-0.15, -0.1) is 0 Å². The number of hydrogen-bond donors (Lipinski definition) is 3. The number of hydrogen-bond acceptors (Lipinski definition) is 11. The number of esters is 3. The van der Waals surface area contributed by atoms with Crippen LogP contribution in [0.3, 0.4) is 0 Å². The molecule has 1 saturated heterocycles. The molecule has 73 heavy (non-hydrogen) atoms. The molecule has 1 aliphatic heterocycles. The third-order valence-corrected chi connectivity index (χ3v) is 12.5. The first-order valence-corrected chi connectivity index (χ1v) is 28.6. The molecule has 1 fully saturated rings. The van der Waals surface area contributed by atoms with Gasteiger partial charge in [0.2, 0.25) is 0 Å². The third kappa shape index (κ3) is 39.0. The first-order chi connectivity index (χ1) is 35.6. The van der Waals surface area contributed by atoms with Crippen molar-refractivity contribution < 1.29 is 58.2 Å². The first kappa shape index (κ1) is 66.9. The Morgan fingerprint density at radius 2 is 0.863 bits per heavy atom. The number of rotatable bonds is 47. The maximum absolute atomic E-state index is 13.1. The van der Waals surface area contributed by atoms with Crippen LogP contribution in [0, 0.1) is 0 Å². The molecule has 1 heterocycles. The summed E-state index contributed by atoms with van der Waals surface area (Å²) < 4.78 is 28.3. The van der Waals surface area contributed by atoms with Crippen LogP contribution in [0.25, 0.3) is 0 Å². The Morgan fingerprint density at radius 3 is 1.36 bits per heavy atom. The van der Waals surface area contributed by atoms with Gasteiger partial charge in [-0.3, -0.25) is 14.4 Å². The standard InChI is InChI=1S/C61H100O12/c1-4-7-10-13-16-19-21-23-25-26-27-28-30-31-33-36-38-41-44-47-53(62)69-50-52(71-54(63)48-45-42-40-37-34-32-29-24-22-20-17-14-11-8-5-2)51-70-61-59(57(66)56(65)58(73-61)60(67)68)72-55(64)49-46-43-39-35-18-15-12-9-6-3/h7,10,16-17,19-20,23-25,27-29,31,33,52,56-59,61,65-66H,4-6,8-9,11-15,18,21-22,26,30,32,34-51H2,1-3H3,(H,67,68)/b10-7-,19-16-,20-17-,25-23-,28-27-,29-24-,33-31-. The van der Waals surface area contributed by atoms with Crippen molar-refractivity contribution in [2.24, 2.45) is 0 Å². The topological polar surface area (TPSA) is 175 Å². The molecular formula is C61H100O12. The van der Waals surface area contributed by atoms with E-state index in [-0.39, 0.29) is 25.9 Å². The van der Waals surface area contributed by atoms with Crippen LogP contribution in [0.1, 0.15) is 226 Å². The molecule has 3 N–H and O–H groups in total. The predicted molar refractivity (Wildman–Crippen MR) is 294 cm³/mol. The summed E-state index contributed by atoms with van der Waals surface area (Å²) in [5.41, 5.74) is 0. The average Bonchev–Trinajstić information content (AvgIpc) is 3.37. The molecule has 0 aromatic rings. The number of carboxylic acids is 1. The van der Waals surface area contributed by atoms with E-state index in [1.807, 2.05) is 0 Å². The van der Waals surface area contributed by atoms with Crippen molar-refractivity contribution in [2.45, 2.75) is 263 Å². The highest BCUT2D eigenvalue weighted by molar-refractivity contribution is 5.74. The third-order valence-electron chi connectivity index (χ3n) is 12.5. The SMILES string of the molecule is CC/C=C\C/C=C\C/C=C\C/C=C\C/C=C\CCCCCC(=O)OCC(COC1OC(C(=O)O)C(O)C(O)C1OC(=O)CCCCCCCCCCC)OC(=O)CCCCCCC/C=C\C/C=C\CCCCC. The highest BCUT2D eigenvalue weighted by atomic mass is 16.7. The zero-order chi connectivity index (χ0) is 53.3. The van der Waals surface area contributed by atoms with Crippen molar-refractivity contribution in [3.63, 3.8) is 0 Å². The number of unbranched alkanes of at least 4 members (excludes halogenated alkanes) is 19. The zero-order valence-electron chi connectivity index (χ0n) is 45.6.